The Hall–Kier alpha value is -1.53. The SMILES string of the molecule is Cc1cccc2c1nc(SCC(=O)O)n2C1CCN(C)C1. The average molecular weight is 305 g/mol. The van der Waals surface area contributed by atoms with Crippen LogP contribution < -0.4 is 0 Å². The largest absolute Gasteiger partial charge is 0.481 e. The van der Waals surface area contributed by atoms with Gasteiger partial charge in [0.15, 0.2) is 5.16 Å². The van der Waals surface area contributed by atoms with Crippen LogP contribution in [0.1, 0.15) is 18.0 Å². The molecule has 1 N–H and O–H groups in total. The Labute approximate surface area is 128 Å². The molecular weight excluding hydrogens is 286 g/mol. The lowest BCUT2D eigenvalue weighted by atomic mass is 10.2. The maximum absolute atomic E-state index is 10.9. The van der Waals surface area contributed by atoms with Crippen LogP contribution in [0.2, 0.25) is 0 Å². The second kappa shape index (κ2) is 5.69. The first-order chi connectivity index (χ1) is 10.1. The van der Waals surface area contributed by atoms with Crippen molar-refractivity contribution in [3.63, 3.8) is 0 Å². The molecule has 1 aliphatic heterocycles. The summed E-state index contributed by atoms with van der Waals surface area (Å²) in [5.74, 6) is -0.760. The van der Waals surface area contributed by atoms with Crippen LogP contribution in [-0.2, 0) is 4.79 Å². The number of para-hydroxylation sites is 1. The number of thioether (sulfide) groups is 1. The number of carbonyl (C=O) groups is 1. The first-order valence-corrected chi connectivity index (χ1v) is 8.05. The van der Waals surface area contributed by atoms with Gasteiger partial charge >= 0.3 is 5.97 Å². The molecule has 2 aromatic rings. The van der Waals surface area contributed by atoms with Gasteiger partial charge in [0.05, 0.1) is 22.8 Å². The summed E-state index contributed by atoms with van der Waals surface area (Å²) in [7, 11) is 2.12. The Kier molecular flexibility index (Phi) is 3.91. The van der Waals surface area contributed by atoms with Gasteiger partial charge in [-0.15, -0.1) is 0 Å². The number of nitrogens with zero attached hydrogens (tertiary/aromatic N) is 3. The predicted molar refractivity (Wildman–Crippen MR) is 84.0 cm³/mol. The van der Waals surface area contributed by atoms with Crippen molar-refractivity contribution in [2.45, 2.75) is 24.5 Å². The third-order valence-electron chi connectivity index (χ3n) is 3.95. The van der Waals surface area contributed by atoms with E-state index in [4.69, 9.17) is 10.1 Å². The van der Waals surface area contributed by atoms with E-state index in [0.717, 1.165) is 41.3 Å². The van der Waals surface area contributed by atoms with E-state index < -0.39 is 5.97 Å². The van der Waals surface area contributed by atoms with Crippen molar-refractivity contribution in [1.82, 2.24) is 14.5 Å². The third-order valence-corrected chi connectivity index (χ3v) is 4.88. The first kappa shape index (κ1) is 14.4. The number of hydrogen-bond donors (Lipinski definition) is 1. The van der Waals surface area contributed by atoms with E-state index in [0.29, 0.717) is 6.04 Å². The minimum Gasteiger partial charge on any atom is -0.481 e. The molecule has 0 saturated carbocycles. The number of carboxylic acid groups (broad SMARTS) is 1. The first-order valence-electron chi connectivity index (χ1n) is 7.07. The van der Waals surface area contributed by atoms with Crippen LogP contribution in [0.5, 0.6) is 0 Å². The summed E-state index contributed by atoms with van der Waals surface area (Å²) in [6.07, 6.45) is 1.08. The molecule has 1 aromatic heterocycles. The molecular formula is C15H19N3O2S. The van der Waals surface area contributed by atoms with Gasteiger partial charge in [0.2, 0.25) is 0 Å². The maximum Gasteiger partial charge on any atom is 0.313 e. The summed E-state index contributed by atoms with van der Waals surface area (Å²) >= 11 is 1.31. The molecule has 1 saturated heterocycles. The van der Waals surface area contributed by atoms with E-state index in [-0.39, 0.29) is 5.75 Å². The highest BCUT2D eigenvalue weighted by Crippen LogP contribution is 2.33. The van der Waals surface area contributed by atoms with Gasteiger partial charge in [-0.2, -0.15) is 0 Å². The highest BCUT2D eigenvalue weighted by molar-refractivity contribution is 7.99. The lowest BCUT2D eigenvalue weighted by molar-refractivity contribution is -0.133. The maximum atomic E-state index is 10.9. The second-order valence-electron chi connectivity index (χ2n) is 5.59. The Morgan fingerprint density at radius 3 is 3.00 bits per heavy atom. The molecule has 21 heavy (non-hydrogen) atoms. The Morgan fingerprint density at radius 2 is 2.33 bits per heavy atom. The van der Waals surface area contributed by atoms with Crippen molar-refractivity contribution in [3.8, 4) is 0 Å². The van der Waals surface area contributed by atoms with E-state index in [2.05, 4.69) is 22.6 Å². The molecule has 1 atom stereocenters. The summed E-state index contributed by atoms with van der Waals surface area (Å²) in [6, 6.07) is 6.54. The van der Waals surface area contributed by atoms with Gasteiger partial charge in [0, 0.05) is 6.54 Å². The molecule has 0 bridgehead atoms. The molecule has 1 aromatic carbocycles. The molecule has 1 unspecified atom stereocenters. The van der Waals surface area contributed by atoms with Crippen LogP contribution in [0.15, 0.2) is 23.4 Å². The summed E-state index contributed by atoms with van der Waals surface area (Å²) in [5, 5.41) is 9.76. The topological polar surface area (TPSA) is 58.4 Å². The molecule has 1 fully saturated rings. The number of hydrogen-bond acceptors (Lipinski definition) is 4. The number of aryl methyl sites for hydroxylation is 1. The molecule has 0 amide bonds. The molecule has 5 nitrogen and oxygen atoms in total. The van der Waals surface area contributed by atoms with Crippen LogP contribution in [0.4, 0.5) is 0 Å². The number of likely N-dealkylation sites (tertiary alicyclic amines) is 1. The van der Waals surface area contributed by atoms with Gasteiger partial charge in [0.25, 0.3) is 0 Å². The van der Waals surface area contributed by atoms with Crippen LogP contribution in [0.3, 0.4) is 0 Å². The van der Waals surface area contributed by atoms with E-state index in [1.54, 1.807) is 0 Å². The number of aliphatic carboxylic acids is 1. The highest BCUT2D eigenvalue weighted by Gasteiger charge is 2.26. The lowest BCUT2D eigenvalue weighted by Gasteiger charge is -2.16. The molecule has 6 heteroatoms. The van der Waals surface area contributed by atoms with Gasteiger partial charge < -0.3 is 14.6 Å². The zero-order chi connectivity index (χ0) is 15.0. The Morgan fingerprint density at radius 1 is 1.52 bits per heavy atom. The van der Waals surface area contributed by atoms with Crippen molar-refractivity contribution >= 4 is 28.8 Å². The zero-order valence-corrected chi connectivity index (χ0v) is 13.1. The summed E-state index contributed by atoms with van der Waals surface area (Å²) < 4.78 is 2.24. The standard InChI is InChI=1S/C15H19N3O2S/c1-10-4-3-5-12-14(10)16-15(21-9-13(19)20)18(12)11-6-7-17(2)8-11/h3-5,11H,6-9H2,1-2H3,(H,19,20). The van der Waals surface area contributed by atoms with Gasteiger partial charge in [-0.1, -0.05) is 23.9 Å². The fourth-order valence-electron chi connectivity index (χ4n) is 2.94. The van der Waals surface area contributed by atoms with Crippen LogP contribution in [0, 0.1) is 6.92 Å². The number of aromatic nitrogens is 2. The summed E-state index contributed by atoms with van der Waals surface area (Å²) in [6.45, 7) is 4.10. The molecule has 3 rings (SSSR count). The van der Waals surface area contributed by atoms with E-state index in [1.807, 2.05) is 19.1 Å². The monoisotopic (exact) mass is 305 g/mol. The normalized spacial score (nSPS) is 19.4. The Bertz CT molecular complexity index is 683. The molecule has 2 heterocycles. The molecule has 0 aliphatic carbocycles. The quantitative estimate of drug-likeness (QED) is 0.879. The zero-order valence-electron chi connectivity index (χ0n) is 12.2. The predicted octanol–water partition coefficient (Wildman–Crippen LogP) is 2.40. The third kappa shape index (κ3) is 2.78. The second-order valence-corrected chi connectivity index (χ2v) is 6.54. The van der Waals surface area contributed by atoms with Crippen LogP contribution >= 0.6 is 11.8 Å². The van der Waals surface area contributed by atoms with Crippen molar-refractivity contribution in [1.29, 1.82) is 0 Å². The highest BCUT2D eigenvalue weighted by atomic mass is 32.2. The average Bonchev–Trinajstić information content (AvgIpc) is 3.00. The van der Waals surface area contributed by atoms with Crippen LogP contribution in [0.25, 0.3) is 11.0 Å². The number of likely N-dealkylation sites (N-methyl/N-ethyl adjacent to an activating group) is 1. The fraction of sp³-hybridized carbons (Fsp3) is 0.467. The molecule has 112 valence electrons. The molecule has 0 spiro atoms. The van der Waals surface area contributed by atoms with Gasteiger partial charge in [-0.05, 0) is 38.6 Å². The fourth-order valence-corrected chi connectivity index (χ4v) is 3.73. The van der Waals surface area contributed by atoms with E-state index in [9.17, 15) is 4.79 Å². The van der Waals surface area contributed by atoms with Gasteiger partial charge in [-0.25, -0.2) is 4.98 Å². The van der Waals surface area contributed by atoms with E-state index in [1.165, 1.54) is 11.8 Å². The van der Waals surface area contributed by atoms with Crippen molar-refractivity contribution in [2.75, 3.05) is 25.9 Å². The van der Waals surface area contributed by atoms with Crippen molar-refractivity contribution < 1.29 is 9.90 Å². The minimum absolute atomic E-state index is 0.0466. The van der Waals surface area contributed by atoms with Crippen molar-refractivity contribution in [2.24, 2.45) is 0 Å². The minimum atomic E-state index is -0.807. The molecule has 1 aliphatic rings. The van der Waals surface area contributed by atoms with Crippen molar-refractivity contribution in [3.05, 3.63) is 23.8 Å². The number of carboxylic acids is 1. The number of rotatable bonds is 4. The summed E-state index contributed by atoms with van der Waals surface area (Å²) in [5.41, 5.74) is 3.23. The lowest BCUT2D eigenvalue weighted by Crippen LogP contribution is -2.17. The van der Waals surface area contributed by atoms with Gasteiger partial charge in [-0.3, -0.25) is 4.79 Å². The summed E-state index contributed by atoms with van der Waals surface area (Å²) in [4.78, 5) is 17.9. The van der Waals surface area contributed by atoms with E-state index >= 15 is 0 Å². The Balaban J connectivity index is 2.06. The smallest absolute Gasteiger partial charge is 0.313 e. The number of imidazole rings is 1. The number of benzene rings is 1. The van der Waals surface area contributed by atoms with Gasteiger partial charge in [0.1, 0.15) is 0 Å². The molecule has 0 radical (unpaired) electrons. The van der Waals surface area contributed by atoms with Crippen LogP contribution in [-0.4, -0.2) is 51.4 Å². The number of fused-ring (bicyclic) bond motifs is 1.